The van der Waals surface area contributed by atoms with Gasteiger partial charge < -0.3 is 16.8 Å². The number of alkyl halides is 3. The van der Waals surface area contributed by atoms with E-state index in [0.717, 1.165) is 0 Å². The zero-order chi connectivity index (χ0) is 14.9. The van der Waals surface area contributed by atoms with Gasteiger partial charge in [0.2, 0.25) is 11.9 Å². The van der Waals surface area contributed by atoms with Crippen LogP contribution in [-0.2, 0) is 11.0 Å². The monoisotopic (exact) mass is 289 g/mol. The Morgan fingerprint density at radius 1 is 1.40 bits per heavy atom. The van der Waals surface area contributed by atoms with Crippen LogP contribution in [0.2, 0.25) is 0 Å². The molecule has 1 amide bonds. The fourth-order valence-electron chi connectivity index (χ4n) is 2.28. The van der Waals surface area contributed by atoms with Gasteiger partial charge in [0, 0.05) is 18.2 Å². The normalized spacial score (nSPS) is 22.8. The minimum atomic E-state index is -4.57. The smallest absolute Gasteiger partial charge is 0.369 e. The Labute approximate surface area is 112 Å². The van der Waals surface area contributed by atoms with E-state index in [2.05, 4.69) is 15.3 Å². The molecule has 0 bridgehead atoms. The van der Waals surface area contributed by atoms with Gasteiger partial charge in [-0.05, 0) is 19.3 Å². The zero-order valence-electron chi connectivity index (χ0n) is 10.4. The lowest BCUT2D eigenvalue weighted by molar-refractivity contribution is -0.137. The number of hydrogen-bond acceptors (Lipinski definition) is 5. The molecule has 0 unspecified atom stereocenters. The Bertz CT molecular complexity index is 519. The van der Waals surface area contributed by atoms with Crippen LogP contribution in [-0.4, -0.2) is 21.9 Å². The van der Waals surface area contributed by atoms with Gasteiger partial charge in [-0.1, -0.05) is 0 Å². The van der Waals surface area contributed by atoms with Gasteiger partial charge in [0.05, 0.1) is 0 Å². The standard InChI is InChI=1S/C11H14F3N5O/c12-11(13,14)7-4-17-10(16)19-9(7)18-6-2-1-5(3-6)8(15)20/h4-6H,1-3H2,(H2,15,20)(H3,16,17,18,19)/t5-,6+/m0/s1. The van der Waals surface area contributed by atoms with Crippen LogP contribution < -0.4 is 16.8 Å². The SMILES string of the molecule is NC(=O)[C@H]1CC[C@@H](Nc2nc(N)ncc2C(F)(F)F)C1. The number of nitrogens with two attached hydrogens (primary N) is 2. The molecule has 1 aliphatic rings. The Hall–Kier alpha value is -2.06. The molecule has 0 spiro atoms. The first-order chi connectivity index (χ1) is 9.27. The first kappa shape index (κ1) is 14.4. The zero-order valence-corrected chi connectivity index (χ0v) is 10.4. The number of anilines is 2. The molecule has 0 radical (unpaired) electrons. The molecule has 1 aromatic heterocycles. The second-order valence-electron chi connectivity index (χ2n) is 4.74. The van der Waals surface area contributed by atoms with Crippen molar-refractivity contribution in [2.24, 2.45) is 11.7 Å². The molecule has 6 nitrogen and oxygen atoms in total. The number of rotatable bonds is 3. The number of amides is 1. The highest BCUT2D eigenvalue weighted by Crippen LogP contribution is 2.35. The molecule has 2 atom stereocenters. The third-order valence-corrected chi connectivity index (χ3v) is 3.29. The van der Waals surface area contributed by atoms with E-state index in [4.69, 9.17) is 11.5 Å². The van der Waals surface area contributed by atoms with Gasteiger partial charge in [0.25, 0.3) is 0 Å². The Kier molecular flexibility index (Phi) is 3.69. The minimum absolute atomic E-state index is 0.245. The maximum absolute atomic E-state index is 12.8. The lowest BCUT2D eigenvalue weighted by Gasteiger charge is -2.17. The molecule has 1 aliphatic carbocycles. The Morgan fingerprint density at radius 2 is 2.10 bits per heavy atom. The number of carbonyl (C=O) groups is 1. The molecule has 2 rings (SSSR count). The molecular formula is C11H14F3N5O. The van der Waals surface area contributed by atoms with Crippen molar-refractivity contribution in [3.8, 4) is 0 Å². The van der Waals surface area contributed by atoms with Crippen molar-refractivity contribution < 1.29 is 18.0 Å². The van der Waals surface area contributed by atoms with Gasteiger partial charge in [0.15, 0.2) is 0 Å². The van der Waals surface area contributed by atoms with Crippen molar-refractivity contribution in [2.75, 3.05) is 11.1 Å². The van der Waals surface area contributed by atoms with Gasteiger partial charge >= 0.3 is 6.18 Å². The van der Waals surface area contributed by atoms with E-state index < -0.39 is 17.6 Å². The van der Waals surface area contributed by atoms with Crippen molar-refractivity contribution in [2.45, 2.75) is 31.5 Å². The van der Waals surface area contributed by atoms with E-state index in [0.29, 0.717) is 25.5 Å². The molecule has 20 heavy (non-hydrogen) atoms. The van der Waals surface area contributed by atoms with Crippen molar-refractivity contribution in [1.29, 1.82) is 0 Å². The largest absolute Gasteiger partial charge is 0.421 e. The van der Waals surface area contributed by atoms with Gasteiger partial charge in [-0.3, -0.25) is 4.79 Å². The summed E-state index contributed by atoms with van der Waals surface area (Å²) in [6, 6.07) is -0.289. The van der Waals surface area contributed by atoms with Gasteiger partial charge in [-0.25, -0.2) is 4.98 Å². The van der Waals surface area contributed by atoms with Gasteiger partial charge in [-0.15, -0.1) is 0 Å². The van der Waals surface area contributed by atoms with Crippen LogP contribution in [0.15, 0.2) is 6.20 Å². The summed E-state index contributed by atoms with van der Waals surface area (Å²) in [5.74, 6) is -1.36. The molecule has 1 fully saturated rings. The summed E-state index contributed by atoms with van der Waals surface area (Å²) in [5.41, 5.74) is 9.52. The highest BCUT2D eigenvalue weighted by Gasteiger charge is 2.37. The fourth-order valence-corrected chi connectivity index (χ4v) is 2.28. The number of hydrogen-bond donors (Lipinski definition) is 3. The van der Waals surface area contributed by atoms with Crippen LogP contribution in [0.25, 0.3) is 0 Å². The van der Waals surface area contributed by atoms with E-state index in [1.807, 2.05) is 0 Å². The van der Waals surface area contributed by atoms with Crippen LogP contribution >= 0.6 is 0 Å². The number of aromatic nitrogens is 2. The third-order valence-electron chi connectivity index (χ3n) is 3.29. The molecule has 1 aromatic rings. The van der Waals surface area contributed by atoms with Crippen molar-refractivity contribution >= 4 is 17.7 Å². The molecule has 1 saturated carbocycles. The molecule has 5 N–H and O–H groups in total. The Morgan fingerprint density at radius 3 is 2.65 bits per heavy atom. The summed E-state index contributed by atoms with van der Waals surface area (Å²) < 4.78 is 38.5. The number of nitrogen functional groups attached to an aromatic ring is 1. The highest BCUT2D eigenvalue weighted by atomic mass is 19.4. The summed E-state index contributed by atoms with van der Waals surface area (Å²) in [4.78, 5) is 18.0. The summed E-state index contributed by atoms with van der Waals surface area (Å²) >= 11 is 0. The number of halogens is 3. The van der Waals surface area contributed by atoms with Crippen molar-refractivity contribution in [1.82, 2.24) is 9.97 Å². The van der Waals surface area contributed by atoms with Crippen LogP contribution in [0.3, 0.4) is 0 Å². The first-order valence-corrected chi connectivity index (χ1v) is 6.03. The maximum atomic E-state index is 12.8. The number of nitrogens with one attached hydrogen (secondary N) is 1. The number of carbonyl (C=O) groups excluding carboxylic acids is 1. The predicted molar refractivity (Wildman–Crippen MR) is 65.4 cm³/mol. The topological polar surface area (TPSA) is 107 Å². The number of primary amides is 1. The quantitative estimate of drug-likeness (QED) is 0.773. The van der Waals surface area contributed by atoms with E-state index >= 15 is 0 Å². The molecule has 0 aliphatic heterocycles. The van der Waals surface area contributed by atoms with Crippen molar-refractivity contribution in [3.63, 3.8) is 0 Å². The summed E-state index contributed by atoms with van der Waals surface area (Å²) in [6.07, 6.45) is -2.44. The van der Waals surface area contributed by atoms with E-state index in [-0.39, 0.29) is 23.7 Å². The van der Waals surface area contributed by atoms with Crippen LogP contribution in [0.1, 0.15) is 24.8 Å². The van der Waals surface area contributed by atoms with Crippen molar-refractivity contribution in [3.05, 3.63) is 11.8 Å². The van der Waals surface area contributed by atoms with Gasteiger partial charge in [0.1, 0.15) is 11.4 Å². The second-order valence-corrected chi connectivity index (χ2v) is 4.74. The molecular weight excluding hydrogens is 275 g/mol. The Balaban J connectivity index is 2.17. The lowest BCUT2D eigenvalue weighted by Crippen LogP contribution is -2.24. The molecule has 1 heterocycles. The van der Waals surface area contributed by atoms with Crippen LogP contribution in [0.4, 0.5) is 24.9 Å². The summed E-state index contributed by atoms with van der Waals surface area (Å²) in [5, 5.41) is 2.68. The first-order valence-electron chi connectivity index (χ1n) is 6.03. The van der Waals surface area contributed by atoms with Crippen LogP contribution in [0, 0.1) is 5.92 Å². The second kappa shape index (κ2) is 5.14. The van der Waals surface area contributed by atoms with E-state index in [9.17, 15) is 18.0 Å². The minimum Gasteiger partial charge on any atom is -0.369 e. The summed E-state index contributed by atoms with van der Waals surface area (Å²) in [6.45, 7) is 0. The maximum Gasteiger partial charge on any atom is 0.421 e. The average Bonchev–Trinajstić information content (AvgIpc) is 2.76. The lowest BCUT2D eigenvalue weighted by atomic mass is 10.1. The van der Waals surface area contributed by atoms with E-state index in [1.165, 1.54) is 0 Å². The third kappa shape index (κ3) is 3.09. The summed E-state index contributed by atoms with van der Waals surface area (Å²) in [7, 11) is 0. The van der Waals surface area contributed by atoms with E-state index in [1.54, 1.807) is 0 Å². The molecule has 0 aromatic carbocycles. The average molecular weight is 289 g/mol. The van der Waals surface area contributed by atoms with Crippen LogP contribution in [0.5, 0.6) is 0 Å². The fraction of sp³-hybridized carbons (Fsp3) is 0.545. The molecule has 9 heteroatoms. The molecule has 110 valence electrons. The predicted octanol–water partition coefficient (Wildman–Crippen LogP) is 1.14. The molecule has 0 saturated heterocycles. The van der Waals surface area contributed by atoms with Gasteiger partial charge in [-0.2, -0.15) is 18.2 Å². The number of nitrogens with zero attached hydrogens (tertiary/aromatic N) is 2. The highest BCUT2D eigenvalue weighted by molar-refractivity contribution is 5.77.